The summed E-state index contributed by atoms with van der Waals surface area (Å²) in [7, 11) is 0. The molecule has 0 unspecified atom stereocenters. The van der Waals surface area contributed by atoms with Crippen LogP contribution in [0.15, 0.2) is 30.3 Å². The Balaban J connectivity index is 3.06. The van der Waals surface area contributed by atoms with Crippen LogP contribution in [0.5, 0.6) is 0 Å². The smallest absolute Gasteiger partial charge is 0.0623 e. The van der Waals surface area contributed by atoms with E-state index in [9.17, 15) is 0 Å². The molecule has 0 fully saturated rings. The zero-order valence-electron chi connectivity index (χ0n) is 7.39. The Morgan fingerprint density at radius 3 is 3.00 bits per heavy atom. The summed E-state index contributed by atoms with van der Waals surface area (Å²) < 4.78 is 21.5. The molecule has 2 N–H and O–H groups in total. The fraction of sp³-hybridized carbons (Fsp3) is 0.143. The molecule has 0 heterocycles. The van der Waals surface area contributed by atoms with Crippen molar-refractivity contribution in [3.8, 4) is 0 Å². The Hall–Kier alpha value is -0.820. The minimum absolute atomic E-state index is 0.275. The van der Waals surface area contributed by atoms with E-state index in [-0.39, 0.29) is 6.04 Å². The summed E-state index contributed by atoms with van der Waals surface area (Å²) in [6, 6.07) is 6.45. The molecule has 1 aromatic rings. The highest BCUT2D eigenvalue weighted by atomic mass is 14.5. The van der Waals surface area contributed by atoms with Crippen molar-refractivity contribution in [1.82, 2.24) is 0 Å². The summed E-state index contributed by atoms with van der Waals surface area (Å²) in [5, 5.41) is 0. The second-order valence-electron chi connectivity index (χ2n) is 1.44. The van der Waals surface area contributed by atoms with Crippen molar-refractivity contribution >= 4 is 0 Å². The molecule has 0 aliphatic carbocycles. The van der Waals surface area contributed by atoms with Crippen molar-refractivity contribution in [3.63, 3.8) is 0 Å². The number of hydrogen-bond donors (Lipinski definition) is 1. The summed E-state index contributed by atoms with van der Waals surface area (Å²) in [6.45, 7) is -1.84. The zero-order chi connectivity index (χ0) is 8.48. The quantitative estimate of drug-likeness (QED) is 0.576. The van der Waals surface area contributed by atoms with Crippen LogP contribution in [0.1, 0.15) is 9.68 Å². The molecule has 0 bridgehead atoms. The molecule has 1 heteroatoms. The van der Waals surface area contributed by atoms with Crippen molar-refractivity contribution in [3.05, 3.63) is 35.9 Å². The van der Waals surface area contributed by atoms with Gasteiger partial charge in [-0.25, -0.2) is 0 Å². The Kier molecular flexibility index (Phi) is 0.820. The van der Waals surface area contributed by atoms with Gasteiger partial charge in [-0.15, -0.1) is 0 Å². The third kappa shape index (κ3) is 1.07. The van der Waals surface area contributed by atoms with Crippen LogP contribution in [0.4, 0.5) is 0 Å². The average molecular weight is 110 g/mol. The number of hydrogen-bond acceptors (Lipinski definition) is 1. The van der Waals surface area contributed by atoms with Gasteiger partial charge in [-0.05, 0) is 5.56 Å². The molecular weight excluding hydrogens is 98.1 g/mol. The van der Waals surface area contributed by atoms with E-state index in [1.807, 2.05) is 0 Å². The van der Waals surface area contributed by atoms with Crippen LogP contribution in [0, 0.1) is 0 Å². The van der Waals surface area contributed by atoms with Crippen LogP contribution < -0.4 is 5.73 Å². The van der Waals surface area contributed by atoms with Gasteiger partial charge < -0.3 is 5.73 Å². The van der Waals surface area contributed by atoms with Gasteiger partial charge in [0.2, 0.25) is 0 Å². The Morgan fingerprint density at radius 1 is 1.62 bits per heavy atom. The van der Waals surface area contributed by atoms with Gasteiger partial charge in [0, 0.05) is 9.24 Å². The van der Waals surface area contributed by atoms with Gasteiger partial charge in [0.05, 0.1) is 1.37 Å². The molecule has 0 aliphatic heterocycles. The largest absolute Gasteiger partial charge is 0.326 e. The van der Waals surface area contributed by atoms with Crippen LogP contribution in [0.25, 0.3) is 0 Å². The lowest BCUT2D eigenvalue weighted by molar-refractivity contribution is 1.07. The lowest BCUT2D eigenvalue weighted by Crippen LogP contribution is -1.94. The molecule has 0 spiro atoms. The molecule has 42 valence electrons. The van der Waals surface area contributed by atoms with E-state index in [1.165, 1.54) is 6.07 Å². The Morgan fingerprint density at radius 2 is 2.50 bits per heavy atom. The molecular formula is C7H9N. The van der Waals surface area contributed by atoms with Gasteiger partial charge in [0.25, 0.3) is 0 Å². The monoisotopic (exact) mass is 110 g/mol. The van der Waals surface area contributed by atoms with Crippen molar-refractivity contribution in [1.29, 1.82) is 0 Å². The second-order valence-corrected chi connectivity index (χ2v) is 1.44. The van der Waals surface area contributed by atoms with Crippen LogP contribution in [0.3, 0.4) is 0 Å². The van der Waals surface area contributed by atoms with Gasteiger partial charge in [-0.2, -0.15) is 0 Å². The van der Waals surface area contributed by atoms with Crippen LogP contribution in [-0.2, 0) is 6.50 Å². The van der Waals surface area contributed by atoms with Crippen LogP contribution in [0.2, 0.25) is 0 Å². The topological polar surface area (TPSA) is 26.0 Å². The summed E-state index contributed by atoms with van der Waals surface area (Å²) in [5.41, 5.74) is 5.51. The molecule has 1 rings (SSSR count). The maximum atomic E-state index is 7.19. The molecule has 1 aromatic carbocycles. The van der Waals surface area contributed by atoms with Crippen LogP contribution in [-0.4, -0.2) is 0 Å². The Bertz CT molecular complexity index is 254. The van der Waals surface area contributed by atoms with Gasteiger partial charge in [-0.3, -0.25) is 0 Å². The standard InChI is InChI=1S/C7H9N/c8-6-7-4-2-1-3-5-7/h1-5H,6,8H2/i2D,6D2. The highest BCUT2D eigenvalue weighted by Gasteiger charge is 1.80. The molecule has 0 amide bonds. The minimum Gasteiger partial charge on any atom is -0.326 e. The first-order valence-electron chi connectivity index (χ1n) is 3.86. The summed E-state index contributed by atoms with van der Waals surface area (Å²) in [5.74, 6) is 0. The van der Waals surface area contributed by atoms with E-state index in [1.54, 1.807) is 18.2 Å². The minimum atomic E-state index is -1.84. The fourth-order valence-corrected chi connectivity index (χ4v) is 0.483. The number of rotatable bonds is 1. The van der Waals surface area contributed by atoms with E-state index >= 15 is 0 Å². The van der Waals surface area contributed by atoms with Gasteiger partial charge in [-0.1, -0.05) is 30.3 Å². The van der Waals surface area contributed by atoms with E-state index < -0.39 is 6.50 Å². The highest BCUT2D eigenvalue weighted by Crippen LogP contribution is 1.94. The lowest BCUT2D eigenvalue weighted by Gasteiger charge is -1.90. The van der Waals surface area contributed by atoms with Crippen LogP contribution >= 0.6 is 0 Å². The third-order valence-corrected chi connectivity index (χ3v) is 0.874. The first-order chi connectivity index (χ1) is 5.00. The molecule has 0 radical (unpaired) electrons. The number of benzene rings is 1. The molecule has 0 saturated heterocycles. The third-order valence-electron chi connectivity index (χ3n) is 0.874. The van der Waals surface area contributed by atoms with Gasteiger partial charge in [0.1, 0.15) is 0 Å². The normalized spacial score (nSPS) is 16.4. The Labute approximate surface area is 53.4 Å². The fourth-order valence-electron chi connectivity index (χ4n) is 0.483. The van der Waals surface area contributed by atoms with Gasteiger partial charge in [0.15, 0.2) is 0 Å². The highest BCUT2D eigenvalue weighted by molar-refractivity contribution is 5.13. The summed E-state index contributed by atoms with van der Waals surface area (Å²) >= 11 is 0. The average Bonchev–Trinajstić information content (AvgIpc) is 1.86. The second kappa shape index (κ2) is 2.48. The van der Waals surface area contributed by atoms with E-state index in [4.69, 9.17) is 9.85 Å². The molecule has 0 aliphatic rings. The predicted molar refractivity (Wildman–Crippen MR) is 34.3 cm³/mol. The first kappa shape index (κ1) is 2.65. The molecule has 0 atom stereocenters. The molecule has 8 heavy (non-hydrogen) atoms. The van der Waals surface area contributed by atoms with E-state index in [2.05, 4.69) is 0 Å². The van der Waals surface area contributed by atoms with E-state index in [0.29, 0.717) is 5.56 Å². The summed E-state index contributed by atoms with van der Waals surface area (Å²) in [4.78, 5) is 0. The van der Waals surface area contributed by atoms with Crippen molar-refractivity contribution in [2.45, 2.75) is 6.50 Å². The molecule has 1 nitrogen and oxygen atoms in total. The maximum Gasteiger partial charge on any atom is 0.0623 e. The van der Waals surface area contributed by atoms with E-state index in [0.717, 1.165) is 0 Å². The maximum absolute atomic E-state index is 7.19. The zero-order valence-corrected chi connectivity index (χ0v) is 4.39. The molecule has 0 saturated carbocycles. The first-order valence-corrected chi connectivity index (χ1v) is 2.36. The predicted octanol–water partition coefficient (Wildman–Crippen LogP) is 1.15. The van der Waals surface area contributed by atoms with Crippen molar-refractivity contribution in [2.75, 3.05) is 0 Å². The number of nitrogens with two attached hydrogens (primary N) is 1. The van der Waals surface area contributed by atoms with Crippen molar-refractivity contribution in [2.24, 2.45) is 5.73 Å². The lowest BCUT2D eigenvalue weighted by atomic mass is 10.2. The summed E-state index contributed by atoms with van der Waals surface area (Å²) in [6.07, 6.45) is 0. The van der Waals surface area contributed by atoms with Crippen molar-refractivity contribution < 1.29 is 4.11 Å². The van der Waals surface area contributed by atoms with Gasteiger partial charge >= 0.3 is 0 Å². The molecule has 0 aromatic heterocycles. The SMILES string of the molecule is [2H]c1cccc(C([2H])([2H])N)c1.